The zero-order valence-electron chi connectivity index (χ0n) is 14.7. The van der Waals surface area contributed by atoms with Crippen LogP contribution in [0.5, 0.6) is 5.75 Å². The van der Waals surface area contributed by atoms with Crippen LogP contribution < -0.4 is 10.3 Å². The summed E-state index contributed by atoms with van der Waals surface area (Å²) in [6.07, 6.45) is 0.0744. The smallest absolute Gasteiger partial charge is 0.312 e. The maximum Gasteiger partial charge on any atom is 0.312 e. The number of nitrogens with zero attached hydrogens (tertiary/aromatic N) is 2. The summed E-state index contributed by atoms with van der Waals surface area (Å²) in [5, 5.41) is 10.0. The fourth-order valence-corrected chi connectivity index (χ4v) is 3.98. The van der Waals surface area contributed by atoms with Crippen molar-refractivity contribution in [2.45, 2.75) is 26.2 Å². The normalized spacial score (nSPS) is 16.2. The number of fused-ring (bicyclic) bond motifs is 3. The number of ether oxygens (including phenoxy) is 1. The summed E-state index contributed by atoms with van der Waals surface area (Å²) in [5.41, 5.74) is 3.84. The van der Waals surface area contributed by atoms with Gasteiger partial charge in [0.05, 0.1) is 17.5 Å². The average Bonchev–Trinajstić information content (AvgIpc) is 2.92. The molecule has 6 nitrogen and oxygen atoms in total. The van der Waals surface area contributed by atoms with Gasteiger partial charge >= 0.3 is 5.97 Å². The molecule has 130 valence electrons. The number of aryl methyl sites for hydroxylation is 2. The van der Waals surface area contributed by atoms with Crippen LogP contribution >= 0.6 is 0 Å². The van der Waals surface area contributed by atoms with Gasteiger partial charge < -0.3 is 14.3 Å². The molecule has 1 atom stereocenters. The third-order valence-corrected chi connectivity index (χ3v) is 5.18. The van der Waals surface area contributed by atoms with Crippen molar-refractivity contribution in [2.24, 2.45) is 7.05 Å². The monoisotopic (exact) mass is 347 g/mol. The van der Waals surface area contributed by atoms with E-state index >= 15 is 0 Å². The van der Waals surface area contributed by atoms with Crippen LogP contribution in [0.3, 0.4) is 0 Å². The van der Waals surface area contributed by atoms with Crippen molar-refractivity contribution < 1.29 is 9.53 Å². The van der Waals surface area contributed by atoms with Gasteiger partial charge in [-0.2, -0.15) is 5.26 Å². The van der Waals surface area contributed by atoms with Crippen LogP contribution in [-0.4, -0.2) is 15.5 Å². The van der Waals surface area contributed by atoms with Crippen molar-refractivity contribution in [3.8, 4) is 11.8 Å². The van der Waals surface area contributed by atoms with E-state index < -0.39 is 5.92 Å². The first-order valence-corrected chi connectivity index (χ1v) is 8.35. The fourth-order valence-electron chi connectivity index (χ4n) is 3.98. The summed E-state index contributed by atoms with van der Waals surface area (Å²) in [5.74, 6) is -0.476. The van der Waals surface area contributed by atoms with Gasteiger partial charge in [-0.3, -0.25) is 9.59 Å². The third-order valence-electron chi connectivity index (χ3n) is 5.18. The first-order chi connectivity index (χ1) is 12.4. The summed E-state index contributed by atoms with van der Waals surface area (Å²) < 4.78 is 7.10. The van der Waals surface area contributed by atoms with Crippen molar-refractivity contribution in [2.75, 3.05) is 0 Å². The van der Waals surface area contributed by atoms with E-state index in [4.69, 9.17) is 4.74 Å². The average molecular weight is 347 g/mol. The molecule has 3 aromatic rings. The lowest BCUT2D eigenvalue weighted by Gasteiger charge is -2.26. The molecule has 0 unspecified atom stereocenters. The maximum absolute atomic E-state index is 13.1. The number of hydrogen-bond donors (Lipinski definition) is 1. The number of aromatic nitrogens is 2. The second-order valence-corrected chi connectivity index (χ2v) is 6.63. The molecule has 6 heteroatoms. The Morgan fingerprint density at radius 2 is 1.96 bits per heavy atom. The van der Waals surface area contributed by atoms with Gasteiger partial charge in [-0.15, -0.1) is 0 Å². The second kappa shape index (κ2) is 5.60. The lowest BCUT2D eigenvalue weighted by Crippen LogP contribution is -2.31. The molecule has 0 amide bonds. The SMILES string of the molecule is Cc1[nH]c(C#N)c(C)c1[C@@H]1CC(=O)Oc2c1c(=O)n(C)c1ccccc21. The number of hydrogen-bond acceptors (Lipinski definition) is 4. The van der Waals surface area contributed by atoms with Gasteiger partial charge in [0.2, 0.25) is 0 Å². The molecule has 0 saturated heterocycles. The predicted molar refractivity (Wildman–Crippen MR) is 96.3 cm³/mol. The molecule has 1 N–H and O–H groups in total. The summed E-state index contributed by atoms with van der Waals surface area (Å²) >= 11 is 0. The Bertz CT molecular complexity index is 1180. The molecule has 0 radical (unpaired) electrons. The zero-order chi connectivity index (χ0) is 18.6. The summed E-state index contributed by atoms with van der Waals surface area (Å²) in [4.78, 5) is 28.5. The molecule has 0 saturated carbocycles. The summed E-state index contributed by atoms with van der Waals surface area (Å²) in [6.45, 7) is 3.69. The Morgan fingerprint density at radius 3 is 2.65 bits per heavy atom. The van der Waals surface area contributed by atoms with Gasteiger partial charge in [-0.05, 0) is 37.1 Å². The van der Waals surface area contributed by atoms with Gasteiger partial charge in [-0.1, -0.05) is 12.1 Å². The molecule has 0 aliphatic carbocycles. The van der Waals surface area contributed by atoms with E-state index in [1.54, 1.807) is 11.6 Å². The van der Waals surface area contributed by atoms with Crippen LogP contribution in [0.4, 0.5) is 0 Å². The lowest BCUT2D eigenvalue weighted by atomic mass is 9.84. The maximum atomic E-state index is 13.1. The number of pyridine rings is 1. The van der Waals surface area contributed by atoms with E-state index in [-0.39, 0.29) is 17.9 Å². The van der Waals surface area contributed by atoms with E-state index in [0.717, 1.165) is 22.2 Å². The molecule has 0 fully saturated rings. The van der Waals surface area contributed by atoms with Crippen molar-refractivity contribution >= 4 is 16.9 Å². The number of esters is 1. The van der Waals surface area contributed by atoms with Gasteiger partial charge in [-0.25, -0.2) is 0 Å². The number of carbonyl (C=O) groups is 1. The van der Waals surface area contributed by atoms with Crippen LogP contribution in [0, 0.1) is 25.2 Å². The largest absolute Gasteiger partial charge is 0.425 e. The first-order valence-electron chi connectivity index (χ1n) is 8.35. The van der Waals surface area contributed by atoms with Gasteiger partial charge in [0, 0.05) is 24.0 Å². The van der Waals surface area contributed by atoms with Crippen molar-refractivity contribution in [3.05, 3.63) is 62.7 Å². The first kappa shape index (κ1) is 16.2. The van der Waals surface area contributed by atoms with Crippen LogP contribution in [0.15, 0.2) is 29.1 Å². The van der Waals surface area contributed by atoms with Gasteiger partial charge in [0.1, 0.15) is 17.5 Å². The number of rotatable bonds is 1. The highest BCUT2D eigenvalue weighted by atomic mass is 16.5. The summed E-state index contributed by atoms with van der Waals surface area (Å²) in [7, 11) is 1.72. The van der Waals surface area contributed by atoms with E-state index in [2.05, 4.69) is 11.1 Å². The standard InChI is InChI=1S/C20H17N3O3/c1-10-14(9-21)22-11(2)17(10)13-8-16(24)26-19-12-6-4-5-7-15(12)23(3)20(25)18(13)19/h4-7,13,22H,8H2,1-3H3/t13-/m0/s1. The van der Waals surface area contributed by atoms with Crippen LogP contribution in [0.1, 0.15) is 40.4 Å². The highest BCUT2D eigenvalue weighted by Crippen LogP contribution is 2.42. The molecule has 0 bridgehead atoms. The molecule has 2 aromatic heterocycles. The van der Waals surface area contributed by atoms with Crippen molar-refractivity contribution in [1.82, 2.24) is 9.55 Å². The highest BCUT2D eigenvalue weighted by Gasteiger charge is 2.36. The molecular weight excluding hydrogens is 330 g/mol. The number of nitrogens with one attached hydrogen (secondary N) is 1. The molecule has 0 spiro atoms. The highest BCUT2D eigenvalue weighted by molar-refractivity contribution is 5.91. The zero-order valence-corrected chi connectivity index (χ0v) is 14.7. The minimum Gasteiger partial charge on any atom is -0.425 e. The molecule has 1 aliphatic heterocycles. The van der Waals surface area contributed by atoms with E-state index in [0.29, 0.717) is 22.5 Å². The molecule has 1 aromatic carbocycles. The Labute approximate surface area is 149 Å². The van der Waals surface area contributed by atoms with E-state index in [1.165, 1.54) is 0 Å². The molecule has 1 aliphatic rings. The van der Waals surface area contributed by atoms with Crippen molar-refractivity contribution in [3.63, 3.8) is 0 Å². The number of H-pyrrole nitrogens is 1. The summed E-state index contributed by atoms with van der Waals surface area (Å²) in [6, 6.07) is 9.50. The van der Waals surface area contributed by atoms with E-state index in [1.807, 2.05) is 38.1 Å². The number of para-hydroxylation sites is 1. The topological polar surface area (TPSA) is 87.9 Å². The Hall–Kier alpha value is -3.33. The quantitative estimate of drug-likeness (QED) is 0.686. The number of aromatic amines is 1. The molecular formula is C20H17N3O3. The Balaban J connectivity index is 2.10. The van der Waals surface area contributed by atoms with Crippen LogP contribution in [-0.2, 0) is 11.8 Å². The number of nitriles is 1. The third kappa shape index (κ3) is 2.10. The predicted octanol–water partition coefficient (Wildman–Crippen LogP) is 2.80. The number of carbonyl (C=O) groups excluding carboxylic acids is 1. The molecule has 3 heterocycles. The molecule has 26 heavy (non-hydrogen) atoms. The van der Waals surface area contributed by atoms with Crippen LogP contribution in [0.25, 0.3) is 10.9 Å². The lowest BCUT2D eigenvalue weighted by molar-refractivity contribution is -0.135. The van der Waals surface area contributed by atoms with E-state index in [9.17, 15) is 14.9 Å². The van der Waals surface area contributed by atoms with Crippen LogP contribution in [0.2, 0.25) is 0 Å². The molecule has 4 rings (SSSR count). The Morgan fingerprint density at radius 1 is 1.23 bits per heavy atom. The minimum atomic E-state index is -0.437. The number of benzene rings is 1. The van der Waals surface area contributed by atoms with Gasteiger partial charge in [0.15, 0.2) is 0 Å². The van der Waals surface area contributed by atoms with Crippen molar-refractivity contribution in [1.29, 1.82) is 5.26 Å². The second-order valence-electron chi connectivity index (χ2n) is 6.63. The Kier molecular flexibility index (Phi) is 3.48. The minimum absolute atomic E-state index is 0.0744. The van der Waals surface area contributed by atoms with Gasteiger partial charge in [0.25, 0.3) is 5.56 Å². The fraction of sp³-hybridized carbons (Fsp3) is 0.250.